The lowest BCUT2D eigenvalue weighted by Crippen LogP contribution is -2.40. The first kappa shape index (κ1) is 13.0. The SMILES string of the molecule is CCC(C)(C)CN1CCC(C(C)C)CC1. The van der Waals surface area contributed by atoms with Gasteiger partial charge in [0, 0.05) is 6.54 Å². The van der Waals surface area contributed by atoms with Gasteiger partial charge in [-0.2, -0.15) is 0 Å². The number of likely N-dealkylation sites (tertiary alicyclic amines) is 1. The van der Waals surface area contributed by atoms with Gasteiger partial charge >= 0.3 is 0 Å². The third-order valence-electron chi connectivity index (χ3n) is 4.18. The second-order valence-electron chi connectivity index (χ2n) is 6.38. The zero-order valence-corrected chi connectivity index (χ0v) is 11.3. The summed E-state index contributed by atoms with van der Waals surface area (Å²) in [6, 6.07) is 0. The molecule has 0 spiro atoms. The minimum atomic E-state index is 0.505. The van der Waals surface area contributed by atoms with E-state index in [1.165, 1.54) is 38.9 Å². The van der Waals surface area contributed by atoms with E-state index in [9.17, 15) is 0 Å². The van der Waals surface area contributed by atoms with Crippen molar-refractivity contribution in [2.45, 2.75) is 53.9 Å². The van der Waals surface area contributed by atoms with Crippen LogP contribution in [0.15, 0.2) is 0 Å². The third kappa shape index (κ3) is 4.14. The van der Waals surface area contributed by atoms with Gasteiger partial charge in [-0.1, -0.05) is 34.6 Å². The Morgan fingerprint density at radius 3 is 2.13 bits per heavy atom. The lowest BCUT2D eigenvalue weighted by Gasteiger charge is -2.38. The Hall–Kier alpha value is -0.0400. The van der Waals surface area contributed by atoms with Crippen LogP contribution in [0.3, 0.4) is 0 Å². The highest BCUT2D eigenvalue weighted by molar-refractivity contribution is 4.78. The van der Waals surface area contributed by atoms with Crippen LogP contribution in [0.2, 0.25) is 0 Å². The summed E-state index contributed by atoms with van der Waals surface area (Å²) < 4.78 is 0. The fourth-order valence-corrected chi connectivity index (χ4v) is 2.49. The van der Waals surface area contributed by atoms with Gasteiger partial charge in [-0.15, -0.1) is 0 Å². The maximum absolute atomic E-state index is 2.67. The van der Waals surface area contributed by atoms with Crippen LogP contribution in [0, 0.1) is 17.3 Å². The molecule has 0 radical (unpaired) electrons. The van der Waals surface area contributed by atoms with Crippen molar-refractivity contribution in [1.82, 2.24) is 4.90 Å². The Bertz CT molecular complexity index is 176. The topological polar surface area (TPSA) is 3.24 Å². The van der Waals surface area contributed by atoms with Crippen molar-refractivity contribution in [3.8, 4) is 0 Å². The molecule has 0 aromatic carbocycles. The number of piperidine rings is 1. The molecule has 1 nitrogen and oxygen atoms in total. The molecule has 0 saturated carbocycles. The summed E-state index contributed by atoms with van der Waals surface area (Å²) >= 11 is 0. The summed E-state index contributed by atoms with van der Waals surface area (Å²) in [5, 5.41) is 0. The number of nitrogens with zero attached hydrogens (tertiary/aromatic N) is 1. The van der Waals surface area contributed by atoms with Gasteiger partial charge < -0.3 is 4.90 Å². The standard InChI is InChI=1S/C14H29N/c1-6-14(4,5)11-15-9-7-13(8-10-15)12(2)3/h12-13H,6-11H2,1-5H3. The van der Waals surface area contributed by atoms with E-state index in [0.717, 1.165) is 11.8 Å². The molecule has 1 heteroatoms. The number of hydrogen-bond donors (Lipinski definition) is 0. The second-order valence-corrected chi connectivity index (χ2v) is 6.38. The Morgan fingerprint density at radius 2 is 1.73 bits per heavy atom. The van der Waals surface area contributed by atoms with Crippen LogP contribution in [-0.2, 0) is 0 Å². The first-order valence-corrected chi connectivity index (χ1v) is 6.67. The van der Waals surface area contributed by atoms with Gasteiger partial charge in [-0.3, -0.25) is 0 Å². The molecule has 15 heavy (non-hydrogen) atoms. The molecule has 1 rings (SSSR count). The molecule has 0 unspecified atom stereocenters. The fraction of sp³-hybridized carbons (Fsp3) is 1.00. The average molecular weight is 211 g/mol. The molecule has 1 fully saturated rings. The predicted molar refractivity (Wildman–Crippen MR) is 68.1 cm³/mol. The molecule has 0 atom stereocenters. The molecule has 0 bridgehead atoms. The lowest BCUT2D eigenvalue weighted by molar-refractivity contribution is 0.111. The molecule has 0 aliphatic carbocycles. The van der Waals surface area contributed by atoms with Gasteiger partial charge in [0.25, 0.3) is 0 Å². The van der Waals surface area contributed by atoms with Crippen LogP contribution in [0.4, 0.5) is 0 Å². The molecule has 0 N–H and O–H groups in total. The van der Waals surface area contributed by atoms with Crippen molar-refractivity contribution in [2.24, 2.45) is 17.3 Å². The molecule has 1 aliphatic rings. The Morgan fingerprint density at radius 1 is 1.20 bits per heavy atom. The van der Waals surface area contributed by atoms with E-state index in [1.54, 1.807) is 0 Å². The second kappa shape index (κ2) is 5.34. The smallest absolute Gasteiger partial charge is 0.00326 e. The third-order valence-corrected chi connectivity index (χ3v) is 4.18. The quantitative estimate of drug-likeness (QED) is 0.684. The molecule has 1 aliphatic heterocycles. The van der Waals surface area contributed by atoms with E-state index in [2.05, 4.69) is 39.5 Å². The van der Waals surface area contributed by atoms with Crippen LogP contribution in [0.1, 0.15) is 53.9 Å². The van der Waals surface area contributed by atoms with E-state index >= 15 is 0 Å². The summed E-state index contributed by atoms with van der Waals surface area (Å²) in [5.41, 5.74) is 0.505. The summed E-state index contributed by atoms with van der Waals surface area (Å²) in [6.45, 7) is 15.8. The molecule has 0 aromatic heterocycles. The molecule has 0 amide bonds. The van der Waals surface area contributed by atoms with Gasteiger partial charge in [0.05, 0.1) is 0 Å². The normalized spacial score (nSPS) is 21.2. The molecular weight excluding hydrogens is 182 g/mol. The maximum atomic E-state index is 2.67. The highest BCUT2D eigenvalue weighted by Gasteiger charge is 2.25. The van der Waals surface area contributed by atoms with Gasteiger partial charge in [-0.05, 0) is 49.6 Å². The number of hydrogen-bond acceptors (Lipinski definition) is 1. The Balaban J connectivity index is 2.32. The van der Waals surface area contributed by atoms with Crippen molar-refractivity contribution >= 4 is 0 Å². The maximum Gasteiger partial charge on any atom is 0.00326 e. The van der Waals surface area contributed by atoms with Crippen molar-refractivity contribution in [3.63, 3.8) is 0 Å². The first-order valence-electron chi connectivity index (χ1n) is 6.67. The van der Waals surface area contributed by atoms with E-state index in [0.29, 0.717) is 5.41 Å². The highest BCUT2D eigenvalue weighted by Crippen LogP contribution is 2.28. The average Bonchev–Trinajstić information content (AvgIpc) is 2.18. The number of rotatable bonds is 4. The van der Waals surface area contributed by atoms with Gasteiger partial charge in [0.2, 0.25) is 0 Å². The van der Waals surface area contributed by atoms with Crippen molar-refractivity contribution in [1.29, 1.82) is 0 Å². The van der Waals surface area contributed by atoms with Crippen molar-refractivity contribution in [3.05, 3.63) is 0 Å². The molecular formula is C14H29N. The molecule has 1 heterocycles. The lowest BCUT2D eigenvalue weighted by atomic mass is 9.84. The molecule has 90 valence electrons. The van der Waals surface area contributed by atoms with E-state index < -0.39 is 0 Å². The van der Waals surface area contributed by atoms with Crippen LogP contribution in [0.25, 0.3) is 0 Å². The van der Waals surface area contributed by atoms with E-state index in [1.807, 2.05) is 0 Å². The van der Waals surface area contributed by atoms with E-state index in [4.69, 9.17) is 0 Å². The Labute approximate surface area is 96.2 Å². The predicted octanol–water partition coefficient (Wildman–Crippen LogP) is 3.79. The monoisotopic (exact) mass is 211 g/mol. The van der Waals surface area contributed by atoms with Crippen LogP contribution in [0.5, 0.6) is 0 Å². The van der Waals surface area contributed by atoms with Gasteiger partial charge in [0.1, 0.15) is 0 Å². The first-order chi connectivity index (χ1) is 6.94. The molecule has 1 saturated heterocycles. The van der Waals surface area contributed by atoms with Crippen molar-refractivity contribution < 1.29 is 0 Å². The summed E-state index contributed by atoms with van der Waals surface area (Å²) in [4.78, 5) is 2.67. The Kier molecular flexibility index (Phi) is 4.64. The summed E-state index contributed by atoms with van der Waals surface area (Å²) in [5.74, 6) is 1.86. The van der Waals surface area contributed by atoms with Crippen molar-refractivity contribution in [2.75, 3.05) is 19.6 Å². The minimum Gasteiger partial charge on any atom is -0.303 e. The van der Waals surface area contributed by atoms with Crippen LogP contribution >= 0.6 is 0 Å². The highest BCUT2D eigenvalue weighted by atomic mass is 15.1. The van der Waals surface area contributed by atoms with E-state index in [-0.39, 0.29) is 0 Å². The largest absolute Gasteiger partial charge is 0.303 e. The summed E-state index contributed by atoms with van der Waals surface area (Å²) in [7, 11) is 0. The van der Waals surface area contributed by atoms with Gasteiger partial charge in [-0.25, -0.2) is 0 Å². The minimum absolute atomic E-state index is 0.505. The zero-order chi connectivity index (χ0) is 11.5. The van der Waals surface area contributed by atoms with Gasteiger partial charge in [0.15, 0.2) is 0 Å². The van der Waals surface area contributed by atoms with Crippen LogP contribution in [-0.4, -0.2) is 24.5 Å². The summed E-state index contributed by atoms with van der Waals surface area (Å²) in [6.07, 6.45) is 4.12. The fourth-order valence-electron chi connectivity index (χ4n) is 2.49. The zero-order valence-electron chi connectivity index (χ0n) is 11.3. The van der Waals surface area contributed by atoms with Crippen LogP contribution < -0.4 is 0 Å². The molecule has 0 aromatic rings.